The smallest absolute Gasteiger partial charge is 1.00 e. The second-order valence-corrected chi connectivity index (χ2v) is 35.0. The van der Waals surface area contributed by atoms with E-state index in [1.54, 1.807) is 0 Å². The van der Waals surface area contributed by atoms with Gasteiger partial charge in [-0.25, -0.2) is 9.13 Å². The Bertz CT molecular complexity index is 2410. The van der Waals surface area contributed by atoms with Crippen molar-refractivity contribution < 1.29 is 156 Å². The first-order valence-corrected chi connectivity index (χ1v) is 49.2. The molecular formula is C89H170N4Na2O20P2. The molecule has 28 heteroatoms. The van der Waals surface area contributed by atoms with Gasteiger partial charge < -0.3 is 62.3 Å². The number of unbranched alkanes of at least 4 members (excludes halogenated alkanes) is 38. The molecule has 8 atom stereocenters. The summed E-state index contributed by atoms with van der Waals surface area (Å²) in [6, 6.07) is -1.70. The van der Waals surface area contributed by atoms with Crippen LogP contribution in [0.1, 0.15) is 405 Å². The van der Waals surface area contributed by atoms with Crippen LogP contribution in [0.2, 0.25) is 0 Å². The quantitative estimate of drug-likeness (QED) is 0.0108. The van der Waals surface area contributed by atoms with Gasteiger partial charge in [-0.05, 0) is 104 Å². The molecule has 678 valence electrons. The van der Waals surface area contributed by atoms with E-state index in [1.165, 1.54) is 155 Å². The van der Waals surface area contributed by atoms with Crippen LogP contribution < -0.4 is 80.4 Å². The molecule has 1 fully saturated rings. The summed E-state index contributed by atoms with van der Waals surface area (Å²) in [7, 11) is -9.60. The summed E-state index contributed by atoms with van der Waals surface area (Å²) >= 11 is 0. The van der Waals surface area contributed by atoms with Crippen LogP contribution in [0, 0.1) is 0 Å². The summed E-state index contributed by atoms with van der Waals surface area (Å²) in [4.78, 5) is 102. The van der Waals surface area contributed by atoms with Crippen LogP contribution >= 0.6 is 15.6 Å². The number of amides is 4. The van der Waals surface area contributed by atoms with Crippen LogP contribution in [0.3, 0.4) is 0 Å². The van der Waals surface area contributed by atoms with Crippen LogP contribution in [0.25, 0.3) is 0 Å². The average Bonchev–Trinajstić information content (AvgIpc) is 1.66. The summed E-state index contributed by atoms with van der Waals surface area (Å²) < 4.78 is 83.9. The maximum atomic E-state index is 13.6. The maximum Gasteiger partial charge on any atom is 1.00 e. The Labute approximate surface area is 757 Å². The zero-order valence-electron chi connectivity index (χ0n) is 77.7. The van der Waals surface area contributed by atoms with Gasteiger partial charge in [0.25, 0.3) is 11.8 Å². The molecule has 117 heavy (non-hydrogen) atoms. The van der Waals surface area contributed by atoms with E-state index in [9.17, 15) is 47.7 Å². The molecule has 1 aliphatic rings. The number of esters is 2. The minimum Gasteiger partial charge on any atom is -1.00 e. The Kier molecular flexibility index (Phi) is 81.7. The minimum atomic E-state index is -4.80. The van der Waals surface area contributed by atoms with E-state index in [-0.39, 0.29) is 150 Å². The number of carbonyl (C=O) groups excluding carboxylic acids is 6. The number of carbonyl (C=O) groups is 6. The van der Waals surface area contributed by atoms with E-state index in [0.717, 1.165) is 128 Å². The molecule has 0 aromatic carbocycles. The first kappa shape index (κ1) is 117. The van der Waals surface area contributed by atoms with Crippen molar-refractivity contribution in [1.82, 2.24) is 21.3 Å². The first-order chi connectivity index (χ1) is 55.6. The summed E-state index contributed by atoms with van der Waals surface area (Å²) in [6.07, 6.45) is 58.6. The van der Waals surface area contributed by atoms with Gasteiger partial charge in [-0.1, -0.05) is 284 Å². The van der Waals surface area contributed by atoms with Gasteiger partial charge in [0.05, 0.1) is 64.9 Å². The molecule has 4 amide bonds. The van der Waals surface area contributed by atoms with Crippen LogP contribution in [-0.2, 0) is 84.4 Å². The predicted octanol–water partition coefficient (Wildman–Crippen LogP) is 15.4. The third-order valence-electron chi connectivity index (χ3n) is 20.5. The van der Waals surface area contributed by atoms with Crippen LogP contribution in [-0.4, -0.2) is 154 Å². The normalized spacial score (nSPS) is 16.0. The van der Waals surface area contributed by atoms with Crippen molar-refractivity contribution in [3.63, 3.8) is 0 Å². The molecule has 0 aliphatic carbocycles. The Morgan fingerprint density at radius 2 is 0.650 bits per heavy atom. The monoisotopic (exact) mass is 1720 g/mol. The summed E-state index contributed by atoms with van der Waals surface area (Å²) in [6.45, 7) is 13.9. The van der Waals surface area contributed by atoms with Crippen molar-refractivity contribution >= 4 is 51.2 Å². The van der Waals surface area contributed by atoms with Gasteiger partial charge in [-0.2, -0.15) is 0 Å². The van der Waals surface area contributed by atoms with Crippen molar-refractivity contribution in [3.8, 4) is 0 Å². The van der Waals surface area contributed by atoms with Crippen LogP contribution in [0.15, 0.2) is 24.3 Å². The number of ether oxygens (including phenoxy) is 6. The Morgan fingerprint density at radius 1 is 0.368 bits per heavy atom. The van der Waals surface area contributed by atoms with E-state index in [4.69, 9.17) is 46.5 Å². The van der Waals surface area contributed by atoms with Crippen molar-refractivity contribution in [1.29, 1.82) is 0 Å². The Morgan fingerprint density at radius 3 is 0.966 bits per heavy atom. The van der Waals surface area contributed by atoms with Crippen LogP contribution in [0.5, 0.6) is 0 Å². The number of allylic oxidation sites excluding steroid dienone is 4. The third-order valence-corrected chi connectivity index (χ3v) is 22.5. The fourth-order valence-electron chi connectivity index (χ4n) is 13.6. The molecule has 1 aliphatic heterocycles. The van der Waals surface area contributed by atoms with Crippen molar-refractivity contribution in [2.45, 2.75) is 444 Å². The third kappa shape index (κ3) is 73.3. The van der Waals surface area contributed by atoms with Crippen molar-refractivity contribution in [3.05, 3.63) is 24.3 Å². The number of phosphoric ester groups is 2. The zero-order valence-corrected chi connectivity index (χ0v) is 81.5. The van der Waals surface area contributed by atoms with E-state index in [2.05, 4.69) is 87.1 Å². The van der Waals surface area contributed by atoms with E-state index >= 15 is 0 Å². The van der Waals surface area contributed by atoms with E-state index in [1.807, 2.05) is 0 Å². The molecule has 6 N–H and O–H groups in total. The minimum absolute atomic E-state index is 0. The molecule has 24 nitrogen and oxygen atoms in total. The Hall–Kier alpha value is -1.64. The molecule has 1 saturated heterocycles. The molecular weight excluding hydrogens is 1550 g/mol. The van der Waals surface area contributed by atoms with Gasteiger partial charge in [0.2, 0.25) is 11.8 Å². The SMILES string of the molecule is CCCCCC/C=C\CCCC(=O)O[C@H](CCCCCCC)CCOCC(COP(=O)(O)OCCNC(=O)C1OC(C)(C)OC1C(=O)NCCOP(=O)(O)OCC(COCC[C@@H](CCCCCCC)OC(=O)CCC/C=C\CCCCCC)NC(=O)CCCCCCCCCCCCC)NC(=O)CCCCCCCCCCCCC.[H-].[H-].[Na+].[Na+]. The molecule has 0 saturated carbocycles. The Balaban J connectivity index is -0.0000165. The zero-order chi connectivity index (χ0) is 84.4. The fraction of sp³-hybridized carbons (Fsp3) is 0.888. The number of nitrogens with one attached hydrogen (secondary N) is 4. The van der Waals surface area contributed by atoms with Crippen molar-refractivity contribution in [2.75, 3.05) is 65.9 Å². The first-order valence-electron chi connectivity index (χ1n) is 46.2. The summed E-state index contributed by atoms with van der Waals surface area (Å²) in [5, 5.41) is 10.9. The summed E-state index contributed by atoms with van der Waals surface area (Å²) in [5.74, 6) is -4.02. The standard InChI is InChI=1S/C89H168N4O20P2.2Na.2H/c1-9-15-21-27-31-35-37-41-43-49-55-61-81(94)92-77(73-104-69-65-79(59-53-47-25-19-13-5)110-83(96)63-57-51-45-39-33-29-23-17-11-3)75-108-114(100,101)106-71-67-90-87(98)85-86(113-89(7,8)112-85)88(99)91-68-72-107-115(102,103)109-76-78(93-82(95)62-56-50-44-42-38-36-32-28-22-16-10-2)74-105-70-66-80(60-54-48-26-20-14-6)111-84(97)64-58-52-46-40-34-30-24-18-12-4;;;;/h39-40,45-46,77-80,85-86H,9-38,41-44,47-76H2,1-8H3,(H,90,98)(H,91,99)(H,92,94)(H,93,95)(H,100,101)(H,102,103);;;;/q;2*+1;2*-1/b45-39-,46-40-;;;;/t77?,78?,79-,80-,85?,86?;;;;/m1..../s1. The fourth-order valence-corrected chi connectivity index (χ4v) is 15.2. The molecule has 1 heterocycles. The van der Waals surface area contributed by atoms with Crippen LogP contribution in [0.4, 0.5) is 0 Å². The van der Waals surface area contributed by atoms with Gasteiger partial charge in [-0.3, -0.25) is 46.9 Å². The summed E-state index contributed by atoms with van der Waals surface area (Å²) in [5.41, 5.74) is 0. The number of rotatable bonds is 84. The number of hydrogen-bond acceptors (Lipinski definition) is 18. The average molecular weight is 1720 g/mol. The van der Waals surface area contributed by atoms with Gasteiger partial charge >= 0.3 is 86.7 Å². The molecule has 0 aromatic rings. The second-order valence-electron chi connectivity index (χ2n) is 32.1. The molecule has 0 radical (unpaired) electrons. The molecule has 0 spiro atoms. The van der Waals surface area contributed by atoms with E-state index in [0.29, 0.717) is 64.2 Å². The molecule has 6 unspecified atom stereocenters. The second kappa shape index (κ2) is 81.4. The van der Waals surface area contributed by atoms with Gasteiger partial charge in [0.15, 0.2) is 18.0 Å². The predicted molar refractivity (Wildman–Crippen MR) is 462 cm³/mol. The van der Waals surface area contributed by atoms with Gasteiger partial charge in [0.1, 0.15) is 12.2 Å². The molecule has 0 bridgehead atoms. The molecule has 0 aromatic heterocycles. The van der Waals surface area contributed by atoms with Crippen molar-refractivity contribution in [2.24, 2.45) is 0 Å². The maximum absolute atomic E-state index is 13.6. The van der Waals surface area contributed by atoms with E-state index < -0.39 is 84.0 Å². The van der Waals surface area contributed by atoms with Gasteiger partial charge in [-0.15, -0.1) is 0 Å². The van der Waals surface area contributed by atoms with Gasteiger partial charge in [0, 0.05) is 51.6 Å². The molecule has 1 rings (SSSR count). The largest absolute Gasteiger partial charge is 1.00 e. The topological polar surface area (TPSA) is 317 Å². The number of hydrogen-bond donors (Lipinski definition) is 6. The number of phosphoric acid groups is 2.